The molecule has 3 heteroatoms. The summed E-state index contributed by atoms with van der Waals surface area (Å²) in [7, 11) is 0. The van der Waals surface area contributed by atoms with Crippen LogP contribution in [0.2, 0.25) is 0 Å². The van der Waals surface area contributed by atoms with Crippen LogP contribution in [0.25, 0.3) is 0 Å². The third-order valence-electron chi connectivity index (χ3n) is 3.08. The van der Waals surface area contributed by atoms with Gasteiger partial charge in [-0.1, -0.05) is 41.0 Å². The molecule has 0 saturated carbocycles. The predicted molar refractivity (Wildman–Crippen MR) is 77.0 cm³/mol. The van der Waals surface area contributed by atoms with E-state index in [4.69, 9.17) is 0 Å². The summed E-state index contributed by atoms with van der Waals surface area (Å²) in [6.07, 6.45) is 4.12. The Balaban J connectivity index is 3.01. The standard InChI is InChI=1S/C15H28N2O/c1-6-7-8-13-14(9-11(2)3)16-17(15(13)18)10-12(4)5/h11-12,16H,6-10H2,1-5H3. The van der Waals surface area contributed by atoms with Crippen LogP contribution >= 0.6 is 0 Å². The molecule has 1 aromatic heterocycles. The van der Waals surface area contributed by atoms with Gasteiger partial charge in [0, 0.05) is 17.8 Å². The van der Waals surface area contributed by atoms with Crippen molar-refractivity contribution in [3.63, 3.8) is 0 Å². The van der Waals surface area contributed by atoms with E-state index < -0.39 is 0 Å². The van der Waals surface area contributed by atoms with Gasteiger partial charge in [0.05, 0.1) is 0 Å². The van der Waals surface area contributed by atoms with Crippen LogP contribution < -0.4 is 5.56 Å². The summed E-state index contributed by atoms with van der Waals surface area (Å²) in [4.78, 5) is 12.3. The van der Waals surface area contributed by atoms with Crippen LogP contribution in [0.5, 0.6) is 0 Å². The van der Waals surface area contributed by atoms with Crippen LogP contribution in [-0.2, 0) is 19.4 Å². The first-order chi connectivity index (χ1) is 8.45. The fraction of sp³-hybridized carbons (Fsp3) is 0.800. The monoisotopic (exact) mass is 252 g/mol. The number of nitrogens with one attached hydrogen (secondary N) is 1. The first-order valence-corrected chi connectivity index (χ1v) is 7.26. The van der Waals surface area contributed by atoms with E-state index in [-0.39, 0.29) is 5.56 Å². The first-order valence-electron chi connectivity index (χ1n) is 7.26. The number of aromatic amines is 1. The van der Waals surface area contributed by atoms with Crippen LogP contribution in [-0.4, -0.2) is 9.78 Å². The quantitative estimate of drug-likeness (QED) is 0.793. The second-order valence-electron chi connectivity index (χ2n) is 6.08. The fourth-order valence-corrected chi connectivity index (χ4v) is 2.26. The lowest BCUT2D eigenvalue weighted by atomic mass is 10.0. The van der Waals surface area contributed by atoms with Crippen LogP contribution in [0.4, 0.5) is 0 Å². The molecule has 0 saturated heterocycles. The molecule has 104 valence electrons. The van der Waals surface area contributed by atoms with Crippen molar-refractivity contribution in [2.45, 2.75) is 66.8 Å². The lowest BCUT2D eigenvalue weighted by molar-refractivity contribution is 0.467. The Kier molecular flexibility index (Phi) is 5.70. The highest BCUT2D eigenvalue weighted by molar-refractivity contribution is 5.18. The highest BCUT2D eigenvalue weighted by atomic mass is 16.1. The van der Waals surface area contributed by atoms with E-state index in [9.17, 15) is 4.79 Å². The highest BCUT2D eigenvalue weighted by Gasteiger charge is 2.15. The summed E-state index contributed by atoms with van der Waals surface area (Å²) in [6, 6.07) is 0. The van der Waals surface area contributed by atoms with Gasteiger partial charge in [-0.15, -0.1) is 0 Å². The van der Waals surface area contributed by atoms with Gasteiger partial charge < -0.3 is 0 Å². The van der Waals surface area contributed by atoms with Gasteiger partial charge in [0.1, 0.15) is 0 Å². The summed E-state index contributed by atoms with van der Waals surface area (Å²) in [6.45, 7) is 11.6. The smallest absolute Gasteiger partial charge is 0.269 e. The molecule has 0 atom stereocenters. The molecule has 1 aromatic rings. The predicted octanol–water partition coefficient (Wildman–Crippen LogP) is 3.37. The maximum Gasteiger partial charge on any atom is 0.269 e. The highest BCUT2D eigenvalue weighted by Crippen LogP contribution is 2.12. The maximum absolute atomic E-state index is 12.3. The molecule has 0 aliphatic heterocycles. The number of nitrogens with zero attached hydrogens (tertiary/aromatic N) is 1. The molecule has 18 heavy (non-hydrogen) atoms. The van der Waals surface area contributed by atoms with Gasteiger partial charge in [0.2, 0.25) is 0 Å². The summed E-state index contributed by atoms with van der Waals surface area (Å²) in [5.74, 6) is 1.07. The Bertz CT molecular complexity index is 413. The van der Waals surface area contributed by atoms with Gasteiger partial charge in [-0.05, 0) is 31.1 Å². The molecule has 0 fully saturated rings. The maximum atomic E-state index is 12.3. The Morgan fingerprint density at radius 3 is 2.33 bits per heavy atom. The number of rotatable bonds is 7. The molecule has 1 rings (SSSR count). The largest absolute Gasteiger partial charge is 0.299 e. The number of hydrogen-bond donors (Lipinski definition) is 1. The van der Waals surface area contributed by atoms with Crippen molar-refractivity contribution in [2.75, 3.05) is 0 Å². The van der Waals surface area contributed by atoms with Crippen molar-refractivity contribution in [1.82, 2.24) is 9.78 Å². The molecule has 0 aliphatic rings. The van der Waals surface area contributed by atoms with E-state index in [1.165, 1.54) is 0 Å². The summed E-state index contributed by atoms with van der Waals surface area (Å²) >= 11 is 0. The number of H-pyrrole nitrogens is 1. The lowest BCUT2D eigenvalue weighted by Gasteiger charge is -2.06. The van der Waals surface area contributed by atoms with Crippen molar-refractivity contribution < 1.29 is 0 Å². The van der Waals surface area contributed by atoms with E-state index in [1.54, 1.807) is 4.68 Å². The summed E-state index contributed by atoms with van der Waals surface area (Å²) in [5.41, 5.74) is 2.38. The molecular weight excluding hydrogens is 224 g/mol. The Morgan fingerprint density at radius 2 is 1.83 bits per heavy atom. The number of hydrogen-bond acceptors (Lipinski definition) is 1. The van der Waals surface area contributed by atoms with Gasteiger partial charge in [-0.25, -0.2) is 0 Å². The minimum Gasteiger partial charge on any atom is -0.299 e. The molecular formula is C15H28N2O. The molecule has 0 unspecified atom stereocenters. The molecule has 1 heterocycles. The average molecular weight is 252 g/mol. The van der Waals surface area contributed by atoms with Crippen molar-refractivity contribution >= 4 is 0 Å². The van der Waals surface area contributed by atoms with E-state index >= 15 is 0 Å². The molecule has 1 N–H and O–H groups in total. The van der Waals surface area contributed by atoms with Crippen LogP contribution in [0.1, 0.15) is 58.7 Å². The van der Waals surface area contributed by atoms with E-state index in [1.807, 2.05) is 0 Å². The van der Waals surface area contributed by atoms with Crippen LogP contribution in [0, 0.1) is 11.8 Å². The van der Waals surface area contributed by atoms with Crippen molar-refractivity contribution in [3.8, 4) is 0 Å². The number of aromatic nitrogens is 2. The Morgan fingerprint density at radius 1 is 1.17 bits per heavy atom. The zero-order chi connectivity index (χ0) is 13.7. The van der Waals surface area contributed by atoms with Gasteiger partial charge >= 0.3 is 0 Å². The molecule has 0 amide bonds. The van der Waals surface area contributed by atoms with Crippen molar-refractivity contribution in [3.05, 3.63) is 21.6 Å². The third kappa shape index (κ3) is 4.04. The summed E-state index contributed by atoms with van der Waals surface area (Å²) < 4.78 is 1.80. The zero-order valence-electron chi connectivity index (χ0n) is 12.5. The van der Waals surface area contributed by atoms with E-state index in [2.05, 4.69) is 39.7 Å². The van der Waals surface area contributed by atoms with Crippen LogP contribution in [0.15, 0.2) is 4.79 Å². The normalized spacial score (nSPS) is 11.7. The second-order valence-corrected chi connectivity index (χ2v) is 6.08. The minimum atomic E-state index is 0.202. The van der Waals surface area contributed by atoms with Gasteiger partial charge in [0.25, 0.3) is 5.56 Å². The molecule has 0 aliphatic carbocycles. The molecule has 0 bridgehead atoms. The topological polar surface area (TPSA) is 37.8 Å². The molecule has 0 spiro atoms. The third-order valence-corrected chi connectivity index (χ3v) is 3.08. The van der Waals surface area contributed by atoms with E-state index in [0.717, 1.165) is 43.5 Å². The van der Waals surface area contributed by atoms with Crippen molar-refractivity contribution in [2.24, 2.45) is 11.8 Å². The minimum absolute atomic E-state index is 0.202. The van der Waals surface area contributed by atoms with Crippen LogP contribution in [0.3, 0.4) is 0 Å². The van der Waals surface area contributed by atoms with Gasteiger partial charge in [-0.2, -0.15) is 0 Å². The van der Waals surface area contributed by atoms with E-state index in [0.29, 0.717) is 11.8 Å². The zero-order valence-corrected chi connectivity index (χ0v) is 12.5. The summed E-state index contributed by atoms with van der Waals surface area (Å²) in [5, 5.41) is 3.33. The molecule has 3 nitrogen and oxygen atoms in total. The Labute approximate surface area is 111 Å². The van der Waals surface area contributed by atoms with Gasteiger partial charge in [-0.3, -0.25) is 14.6 Å². The lowest BCUT2D eigenvalue weighted by Crippen LogP contribution is -2.21. The van der Waals surface area contributed by atoms with Crippen molar-refractivity contribution in [1.29, 1.82) is 0 Å². The Hall–Kier alpha value is -0.990. The molecule has 0 aromatic carbocycles. The number of unbranched alkanes of at least 4 members (excludes halogenated alkanes) is 1. The van der Waals surface area contributed by atoms with Gasteiger partial charge in [0.15, 0.2) is 0 Å². The fourth-order valence-electron chi connectivity index (χ4n) is 2.26. The SMILES string of the molecule is CCCCc1c(CC(C)C)[nH]n(CC(C)C)c1=O. The average Bonchev–Trinajstić information content (AvgIpc) is 2.51. The first kappa shape index (κ1) is 15.1. The molecule has 0 radical (unpaired) electrons. The second kappa shape index (κ2) is 6.81.